The number of fused-ring (bicyclic) bond motifs is 1. The molecule has 0 aliphatic heterocycles. The van der Waals surface area contributed by atoms with Crippen molar-refractivity contribution in [3.8, 4) is 0 Å². The number of aromatic nitrogens is 3. The average molecular weight is 265 g/mol. The Bertz CT molecular complexity index is 350. The van der Waals surface area contributed by atoms with E-state index in [1.165, 1.54) is 0 Å². The van der Waals surface area contributed by atoms with Crippen molar-refractivity contribution in [3.63, 3.8) is 0 Å². The van der Waals surface area contributed by atoms with E-state index in [4.69, 9.17) is 0 Å². The fourth-order valence-corrected chi connectivity index (χ4v) is 0.781. The first-order valence-corrected chi connectivity index (χ1v) is 7.17. The van der Waals surface area contributed by atoms with E-state index >= 15 is 0 Å². The van der Waals surface area contributed by atoms with E-state index in [0.29, 0.717) is 0 Å². The van der Waals surface area contributed by atoms with Gasteiger partial charge in [0.15, 0.2) is 5.65 Å². The summed E-state index contributed by atoms with van der Waals surface area (Å²) in [7, 11) is 0. The lowest BCUT2D eigenvalue weighted by Crippen LogP contribution is -1.75. The topological polar surface area (TPSA) is 41.6 Å². The van der Waals surface area contributed by atoms with Crippen LogP contribution in [0.25, 0.3) is 11.2 Å². The van der Waals surface area contributed by atoms with Crippen LogP contribution in [0.5, 0.6) is 0 Å². The van der Waals surface area contributed by atoms with Crippen molar-refractivity contribution in [2.24, 2.45) is 11.8 Å². The van der Waals surface area contributed by atoms with Crippen LogP contribution in [0.15, 0.2) is 24.7 Å². The summed E-state index contributed by atoms with van der Waals surface area (Å²) in [5, 5.41) is 0. The molecular formula is C16H31N3. The van der Waals surface area contributed by atoms with Gasteiger partial charge in [0.25, 0.3) is 0 Å². The zero-order valence-electron chi connectivity index (χ0n) is 13.9. The number of aromatic amines is 1. The zero-order chi connectivity index (χ0) is 15.3. The maximum Gasteiger partial charge on any atom is 0.155 e. The minimum absolute atomic E-state index is 0.833. The predicted molar refractivity (Wildman–Crippen MR) is 86.3 cm³/mol. The summed E-state index contributed by atoms with van der Waals surface area (Å²) in [6.45, 7) is 17.0. The highest BCUT2D eigenvalue weighted by Gasteiger charge is 1.90. The number of rotatable bonds is 0. The molecule has 0 aliphatic rings. The Morgan fingerprint density at radius 1 is 0.842 bits per heavy atom. The van der Waals surface area contributed by atoms with Crippen LogP contribution in [0.3, 0.4) is 0 Å². The molecule has 3 nitrogen and oxygen atoms in total. The standard InChI is InChI=1S/C6H5N3.2C4H10.C2H6/c1-2-8-6-5(1)7-3-4-9-6;2*1-4(2)3;1-2/h1-4H,(H,8,9);2*4H,1-3H3;1-2H3. The first-order chi connectivity index (χ1) is 8.93. The van der Waals surface area contributed by atoms with Gasteiger partial charge in [0.2, 0.25) is 0 Å². The monoisotopic (exact) mass is 265 g/mol. The van der Waals surface area contributed by atoms with Crippen LogP contribution in [0.4, 0.5) is 0 Å². The number of H-pyrrole nitrogens is 1. The number of hydrogen-bond acceptors (Lipinski definition) is 2. The first kappa shape index (κ1) is 19.9. The predicted octanol–water partition coefficient (Wildman–Crippen LogP) is 5.31. The minimum Gasteiger partial charge on any atom is -0.345 e. The van der Waals surface area contributed by atoms with Crippen molar-refractivity contribution in [1.82, 2.24) is 15.0 Å². The molecule has 0 fully saturated rings. The van der Waals surface area contributed by atoms with E-state index in [0.717, 1.165) is 23.0 Å². The molecule has 2 heterocycles. The Morgan fingerprint density at radius 2 is 1.26 bits per heavy atom. The maximum absolute atomic E-state index is 4.05. The summed E-state index contributed by atoms with van der Waals surface area (Å²) in [6, 6.07) is 1.89. The highest BCUT2D eigenvalue weighted by atomic mass is 14.9. The second kappa shape index (κ2) is 13.1. The van der Waals surface area contributed by atoms with Gasteiger partial charge in [-0.25, -0.2) is 4.98 Å². The minimum atomic E-state index is 0.833. The largest absolute Gasteiger partial charge is 0.345 e. The van der Waals surface area contributed by atoms with E-state index in [1.54, 1.807) is 12.4 Å². The Balaban J connectivity index is 0. The van der Waals surface area contributed by atoms with Gasteiger partial charge in [-0.1, -0.05) is 55.4 Å². The molecule has 0 unspecified atom stereocenters. The zero-order valence-corrected chi connectivity index (χ0v) is 13.9. The smallest absolute Gasteiger partial charge is 0.155 e. The van der Waals surface area contributed by atoms with Crippen LogP contribution >= 0.6 is 0 Å². The summed E-state index contributed by atoms with van der Waals surface area (Å²) in [5.41, 5.74) is 1.76. The molecule has 2 aromatic rings. The first-order valence-electron chi connectivity index (χ1n) is 7.17. The number of nitrogens with one attached hydrogen (secondary N) is 1. The Hall–Kier alpha value is -1.38. The van der Waals surface area contributed by atoms with Gasteiger partial charge in [-0.05, 0) is 17.9 Å². The average Bonchev–Trinajstić information content (AvgIpc) is 2.78. The van der Waals surface area contributed by atoms with Crippen LogP contribution in [0, 0.1) is 11.8 Å². The molecule has 19 heavy (non-hydrogen) atoms. The number of hydrogen-bond donors (Lipinski definition) is 1. The lowest BCUT2D eigenvalue weighted by atomic mass is 10.3. The highest BCUT2D eigenvalue weighted by Crippen LogP contribution is 2.01. The second-order valence-electron chi connectivity index (χ2n) is 5.23. The molecule has 0 atom stereocenters. The Kier molecular flexibility index (Phi) is 13.7. The van der Waals surface area contributed by atoms with Gasteiger partial charge in [0.1, 0.15) is 5.52 Å². The van der Waals surface area contributed by atoms with Gasteiger partial charge >= 0.3 is 0 Å². The van der Waals surface area contributed by atoms with Gasteiger partial charge in [-0.15, -0.1) is 0 Å². The van der Waals surface area contributed by atoms with Crippen molar-refractivity contribution in [2.75, 3.05) is 0 Å². The van der Waals surface area contributed by atoms with E-state index in [9.17, 15) is 0 Å². The molecule has 0 spiro atoms. The molecule has 2 rings (SSSR count). The van der Waals surface area contributed by atoms with Crippen LogP contribution in [-0.4, -0.2) is 15.0 Å². The fourth-order valence-electron chi connectivity index (χ4n) is 0.781. The van der Waals surface area contributed by atoms with Crippen molar-refractivity contribution in [3.05, 3.63) is 24.7 Å². The molecule has 0 aliphatic carbocycles. The molecule has 0 aromatic carbocycles. The van der Waals surface area contributed by atoms with Gasteiger partial charge < -0.3 is 4.98 Å². The normalized spacial score (nSPS) is 8.95. The van der Waals surface area contributed by atoms with Crippen molar-refractivity contribution >= 4 is 11.2 Å². The molecule has 0 radical (unpaired) electrons. The van der Waals surface area contributed by atoms with Crippen molar-refractivity contribution in [1.29, 1.82) is 0 Å². The Labute approximate surface area is 118 Å². The SMILES string of the molecule is CC.CC(C)C.CC(C)C.c1cnc2[nH]ccc2n1. The van der Waals surface area contributed by atoms with E-state index < -0.39 is 0 Å². The molecule has 3 heteroatoms. The summed E-state index contributed by atoms with van der Waals surface area (Å²) >= 11 is 0. The third kappa shape index (κ3) is 14.6. The molecule has 0 amide bonds. The molecule has 110 valence electrons. The molecule has 1 N–H and O–H groups in total. The molecule has 0 saturated carbocycles. The Morgan fingerprint density at radius 3 is 1.68 bits per heavy atom. The highest BCUT2D eigenvalue weighted by molar-refractivity contribution is 5.69. The van der Waals surface area contributed by atoms with Crippen LogP contribution in [-0.2, 0) is 0 Å². The van der Waals surface area contributed by atoms with Crippen molar-refractivity contribution < 1.29 is 0 Å². The summed E-state index contributed by atoms with van der Waals surface area (Å²) in [4.78, 5) is 11.0. The molecule has 0 bridgehead atoms. The summed E-state index contributed by atoms with van der Waals surface area (Å²) < 4.78 is 0. The van der Waals surface area contributed by atoms with E-state index in [2.05, 4.69) is 56.5 Å². The summed E-state index contributed by atoms with van der Waals surface area (Å²) in [5.74, 6) is 1.67. The summed E-state index contributed by atoms with van der Waals surface area (Å²) in [6.07, 6.45) is 5.17. The molecular weight excluding hydrogens is 234 g/mol. The van der Waals surface area contributed by atoms with Gasteiger partial charge in [0, 0.05) is 18.6 Å². The van der Waals surface area contributed by atoms with Crippen LogP contribution < -0.4 is 0 Å². The van der Waals surface area contributed by atoms with Gasteiger partial charge in [0.05, 0.1) is 0 Å². The number of nitrogens with zero attached hydrogens (tertiary/aromatic N) is 2. The third-order valence-corrected chi connectivity index (χ3v) is 1.19. The van der Waals surface area contributed by atoms with Crippen molar-refractivity contribution in [2.45, 2.75) is 55.4 Å². The van der Waals surface area contributed by atoms with Crippen LogP contribution in [0.1, 0.15) is 55.4 Å². The fraction of sp³-hybridized carbons (Fsp3) is 0.625. The second-order valence-corrected chi connectivity index (χ2v) is 5.23. The molecule has 0 saturated heterocycles. The molecule has 2 aromatic heterocycles. The third-order valence-electron chi connectivity index (χ3n) is 1.19. The quantitative estimate of drug-likeness (QED) is 0.701. The maximum atomic E-state index is 4.05. The van der Waals surface area contributed by atoms with Crippen LogP contribution in [0.2, 0.25) is 0 Å². The lowest BCUT2D eigenvalue weighted by Gasteiger charge is -1.81. The lowest BCUT2D eigenvalue weighted by molar-refractivity contribution is 0.736. The van der Waals surface area contributed by atoms with E-state index in [1.807, 2.05) is 26.1 Å². The van der Waals surface area contributed by atoms with E-state index in [-0.39, 0.29) is 0 Å². The van der Waals surface area contributed by atoms with Gasteiger partial charge in [-0.3, -0.25) is 4.98 Å². The van der Waals surface area contributed by atoms with Gasteiger partial charge in [-0.2, -0.15) is 0 Å².